The third-order valence-electron chi connectivity index (χ3n) is 4.96. The van der Waals surface area contributed by atoms with Gasteiger partial charge in [0.1, 0.15) is 0 Å². The predicted octanol–water partition coefficient (Wildman–Crippen LogP) is 2.51. The van der Waals surface area contributed by atoms with Gasteiger partial charge in [0.05, 0.1) is 5.56 Å². The second-order valence-corrected chi connectivity index (χ2v) is 7.84. The van der Waals surface area contributed by atoms with Crippen molar-refractivity contribution in [3.05, 3.63) is 21.9 Å². The van der Waals surface area contributed by atoms with Gasteiger partial charge in [-0.25, -0.2) is 0 Å². The summed E-state index contributed by atoms with van der Waals surface area (Å²) in [5.74, 6) is 1.65. The first-order valence-electron chi connectivity index (χ1n) is 8.50. The molecule has 22 heavy (non-hydrogen) atoms. The van der Waals surface area contributed by atoms with Crippen LogP contribution in [0.2, 0.25) is 0 Å². The van der Waals surface area contributed by atoms with Gasteiger partial charge in [-0.15, -0.1) is 11.3 Å². The van der Waals surface area contributed by atoms with Crippen LogP contribution in [0.25, 0.3) is 0 Å². The van der Waals surface area contributed by atoms with Crippen LogP contribution in [0.1, 0.15) is 53.3 Å². The van der Waals surface area contributed by atoms with Gasteiger partial charge in [-0.2, -0.15) is 0 Å². The van der Waals surface area contributed by atoms with E-state index in [1.165, 1.54) is 30.7 Å². The Bertz CT molecular complexity index is 535. The Hall–Kier alpha value is -0.910. The summed E-state index contributed by atoms with van der Waals surface area (Å²) < 4.78 is 5.33. The molecule has 0 unspecified atom stereocenters. The van der Waals surface area contributed by atoms with E-state index in [2.05, 4.69) is 16.7 Å². The normalized spacial score (nSPS) is 28.5. The zero-order chi connectivity index (χ0) is 14.9. The summed E-state index contributed by atoms with van der Waals surface area (Å²) in [7, 11) is 0. The second-order valence-electron chi connectivity index (χ2n) is 6.90. The highest BCUT2D eigenvalue weighted by Gasteiger charge is 2.40. The van der Waals surface area contributed by atoms with E-state index in [4.69, 9.17) is 4.74 Å². The summed E-state index contributed by atoms with van der Waals surface area (Å²) >= 11 is 1.74. The minimum Gasteiger partial charge on any atom is -0.381 e. The SMILES string of the molecule is O=C(NC1CCOCC1)c1csc([C@H]2C[C@H]2NCC2CC2)c1. The van der Waals surface area contributed by atoms with Crippen LogP contribution in [0, 0.1) is 5.92 Å². The lowest BCUT2D eigenvalue weighted by Gasteiger charge is -2.22. The molecule has 0 spiro atoms. The molecule has 0 radical (unpaired) electrons. The molecule has 0 bridgehead atoms. The van der Waals surface area contributed by atoms with Crippen molar-refractivity contribution in [1.82, 2.24) is 10.6 Å². The Kier molecular flexibility index (Phi) is 4.20. The van der Waals surface area contributed by atoms with E-state index in [-0.39, 0.29) is 11.9 Å². The lowest BCUT2D eigenvalue weighted by Crippen LogP contribution is -2.38. The molecule has 3 fully saturated rings. The van der Waals surface area contributed by atoms with E-state index in [9.17, 15) is 4.79 Å². The molecule has 2 N–H and O–H groups in total. The minimum absolute atomic E-state index is 0.0811. The third kappa shape index (κ3) is 3.53. The summed E-state index contributed by atoms with van der Waals surface area (Å²) in [6.45, 7) is 2.70. The van der Waals surface area contributed by atoms with Crippen LogP contribution in [0.3, 0.4) is 0 Å². The Morgan fingerprint density at radius 3 is 2.86 bits per heavy atom. The van der Waals surface area contributed by atoms with Crippen LogP contribution in [0.15, 0.2) is 11.4 Å². The van der Waals surface area contributed by atoms with Crippen molar-refractivity contribution in [2.45, 2.75) is 50.1 Å². The number of amides is 1. The van der Waals surface area contributed by atoms with E-state index in [0.717, 1.165) is 37.5 Å². The Balaban J connectivity index is 1.28. The van der Waals surface area contributed by atoms with Crippen LogP contribution < -0.4 is 10.6 Å². The summed E-state index contributed by atoms with van der Waals surface area (Å²) in [5, 5.41) is 8.82. The number of carbonyl (C=O) groups is 1. The molecule has 2 heterocycles. The van der Waals surface area contributed by atoms with Crippen molar-refractivity contribution < 1.29 is 9.53 Å². The second kappa shape index (κ2) is 6.30. The number of thiophene rings is 1. The molecule has 0 aromatic carbocycles. The fraction of sp³-hybridized carbons (Fsp3) is 0.706. The van der Waals surface area contributed by atoms with Crippen LogP contribution >= 0.6 is 11.3 Å². The van der Waals surface area contributed by atoms with Gasteiger partial charge in [-0.05, 0) is 50.6 Å². The Labute approximate surface area is 135 Å². The molecule has 1 amide bonds. The van der Waals surface area contributed by atoms with Crippen molar-refractivity contribution in [2.24, 2.45) is 5.92 Å². The van der Waals surface area contributed by atoms with E-state index >= 15 is 0 Å². The lowest BCUT2D eigenvalue weighted by molar-refractivity contribution is 0.0696. The van der Waals surface area contributed by atoms with Gasteiger partial charge in [0.2, 0.25) is 0 Å². The number of ether oxygens (including phenoxy) is 1. The molecule has 4 nitrogen and oxygen atoms in total. The van der Waals surface area contributed by atoms with Crippen LogP contribution in [0.4, 0.5) is 0 Å². The van der Waals surface area contributed by atoms with Crippen molar-refractivity contribution >= 4 is 17.2 Å². The molecule has 2 atom stereocenters. The number of carbonyl (C=O) groups excluding carboxylic acids is 1. The molecule has 1 aliphatic heterocycles. The fourth-order valence-electron chi connectivity index (χ4n) is 3.15. The quantitative estimate of drug-likeness (QED) is 0.847. The molecule has 5 heteroatoms. The average Bonchev–Trinajstić information content (AvgIpc) is 3.45. The molecule has 120 valence electrons. The number of nitrogens with one attached hydrogen (secondary N) is 2. The van der Waals surface area contributed by atoms with Crippen LogP contribution in [-0.2, 0) is 4.74 Å². The van der Waals surface area contributed by atoms with Crippen molar-refractivity contribution in [1.29, 1.82) is 0 Å². The van der Waals surface area contributed by atoms with E-state index in [1.807, 2.05) is 5.38 Å². The van der Waals surface area contributed by atoms with Crippen LogP contribution in [0.5, 0.6) is 0 Å². The maximum absolute atomic E-state index is 12.3. The Morgan fingerprint density at radius 2 is 2.09 bits per heavy atom. The van der Waals surface area contributed by atoms with Gasteiger partial charge in [0.15, 0.2) is 0 Å². The van der Waals surface area contributed by atoms with E-state index < -0.39 is 0 Å². The molecule has 2 saturated carbocycles. The van der Waals surface area contributed by atoms with Crippen molar-refractivity contribution in [3.8, 4) is 0 Å². The first-order valence-corrected chi connectivity index (χ1v) is 9.38. The summed E-state index contributed by atoms with van der Waals surface area (Å²) in [6, 6.07) is 3.02. The van der Waals surface area contributed by atoms with Gasteiger partial charge in [-0.3, -0.25) is 4.79 Å². The molecule has 3 aliphatic rings. The molecule has 1 aromatic rings. The largest absolute Gasteiger partial charge is 0.381 e. The van der Waals surface area contributed by atoms with Gasteiger partial charge in [0, 0.05) is 41.5 Å². The molecular weight excluding hydrogens is 296 g/mol. The molecule has 1 aromatic heterocycles. The highest BCUT2D eigenvalue weighted by molar-refractivity contribution is 7.10. The van der Waals surface area contributed by atoms with Crippen molar-refractivity contribution in [3.63, 3.8) is 0 Å². The highest BCUT2D eigenvalue weighted by Crippen LogP contribution is 2.44. The maximum Gasteiger partial charge on any atom is 0.252 e. The standard InChI is InChI=1S/C17H24N2O2S/c20-17(19-13-3-5-21-6-4-13)12-7-16(22-10-12)14-8-15(14)18-9-11-1-2-11/h7,10-11,13-15,18H,1-6,8-9H2,(H,19,20)/t14-,15+/m0/s1. The van der Waals surface area contributed by atoms with Gasteiger partial charge in [-0.1, -0.05) is 0 Å². The lowest BCUT2D eigenvalue weighted by atomic mass is 10.1. The molecule has 1 saturated heterocycles. The van der Waals surface area contributed by atoms with E-state index in [0.29, 0.717) is 12.0 Å². The highest BCUT2D eigenvalue weighted by atomic mass is 32.1. The maximum atomic E-state index is 12.3. The van der Waals surface area contributed by atoms with Gasteiger partial charge < -0.3 is 15.4 Å². The monoisotopic (exact) mass is 320 g/mol. The molecule has 4 rings (SSSR count). The number of hydrogen-bond donors (Lipinski definition) is 2. The molecule has 2 aliphatic carbocycles. The van der Waals surface area contributed by atoms with Gasteiger partial charge >= 0.3 is 0 Å². The average molecular weight is 320 g/mol. The predicted molar refractivity (Wildman–Crippen MR) is 87.5 cm³/mol. The first kappa shape index (κ1) is 14.7. The fourth-order valence-corrected chi connectivity index (χ4v) is 4.22. The Morgan fingerprint density at radius 1 is 1.27 bits per heavy atom. The smallest absolute Gasteiger partial charge is 0.252 e. The number of hydrogen-bond acceptors (Lipinski definition) is 4. The van der Waals surface area contributed by atoms with Crippen LogP contribution in [-0.4, -0.2) is 37.7 Å². The van der Waals surface area contributed by atoms with Crippen molar-refractivity contribution in [2.75, 3.05) is 19.8 Å². The zero-order valence-electron chi connectivity index (χ0n) is 12.8. The van der Waals surface area contributed by atoms with E-state index in [1.54, 1.807) is 11.3 Å². The number of rotatable bonds is 6. The summed E-state index contributed by atoms with van der Waals surface area (Å²) in [6.07, 6.45) is 5.89. The first-order chi connectivity index (χ1) is 10.8. The summed E-state index contributed by atoms with van der Waals surface area (Å²) in [4.78, 5) is 13.7. The molecular formula is C17H24N2O2S. The van der Waals surface area contributed by atoms with Gasteiger partial charge in [0.25, 0.3) is 5.91 Å². The minimum atomic E-state index is 0.0811. The topological polar surface area (TPSA) is 50.4 Å². The summed E-state index contributed by atoms with van der Waals surface area (Å²) in [5.41, 5.74) is 0.833. The third-order valence-corrected chi connectivity index (χ3v) is 6.02. The zero-order valence-corrected chi connectivity index (χ0v) is 13.7.